The molecule has 0 aliphatic carbocycles. The third-order valence-corrected chi connectivity index (χ3v) is 6.87. The number of benzene rings is 2. The molecule has 2 fully saturated rings. The molecule has 9 nitrogen and oxygen atoms in total. The van der Waals surface area contributed by atoms with Crippen LogP contribution in [0, 0.1) is 0 Å². The van der Waals surface area contributed by atoms with Gasteiger partial charge in [-0.15, -0.1) is 0 Å². The topological polar surface area (TPSA) is 116 Å². The van der Waals surface area contributed by atoms with Crippen molar-refractivity contribution in [2.45, 2.75) is 18.9 Å². The summed E-state index contributed by atoms with van der Waals surface area (Å²) in [5.41, 5.74) is 8.64. The van der Waals surface area contributed by atoms with E-state index in [9.17, 15) is 9.59 Å². The van der Waals surface area contributed by atoms with E-state index in [-0.39, 0.29) is 11.9 Å². The molecule has 1 atom stereocenters. The molecule has 2 amide bonds. The Balaban J connectivity index is 1.29. The molecule has 2 saturated heterocycles. The zero-order valence-electron chi connectivity index (χ0n) is 20.8. The van der Waals surface area contributed by atoms with E-state index in [0.29, 0.717) is 23.5 Å². The van der Waals surface area contributed by atoms with Crippen LogP contribution < -0.4 is 31.5 Å². The van der Waals surface area contributed by atoms with E-state index in [1.165, 1.54) is 5.69 Å². The molecule has 2 aromatic carbocycles. The van der Waals surface area contributed by atoms with Gasteiger partial charge in [0.15, 0.2) is 0 Å². The number of pyridine rings is 1. The number of hydrogen-bond acceptors (Lipinski definition) is 7. The Morgan fingerprint density at radius 2 is 1.68 bits per heavy atom. The van der Waals surface area contributed by atoms with Gasteiger partial charge in [0.05, 0.1) is 5.56 Å². The molecule has 0 spiro atoms. The lowest BCUT2D eigenvalue weighted by molar-refractivity contribution is 0.0932. The third kappa shape index (κ3) is 6.00. The number of nitrogens with two attached hydrogens (primary N) is 1. The smallest absolute Gasteiger partial charge is 0.252 e. The number of piperazine rings is 1. The molecule has 0 bridgehead atoms. The number of primary amides is 1. The number of aromatic nitrogens is 1. The highest BCUT2D eigenvalue weighted by Gasteiger charge is 2.24. The van der Waals surface area contributed by atoms with Crippen molar-refractivity contribution in [1.82, 2.24) is 15.6 Å². The second-order valence-electron chi connectivity index (χ2n) is 9.46. The van der Waals surface area contributed by atoms with Gasteiger partial charge in [-0.25, -0.2) is 4.98 Å². The maximum atomic E-state index is 12.6. The lowest BCUT2D eigenvalue weighted by Crippen LogP contribution is -2.48. The zero-order valence-corrected chi connectivity index (χ0v) is 20.8. The Morgan fingerprint density at radius 1 is 0.919 bits per heavy atom. The van der Waals surface area contributed by atoms with Crippen molar-refractivity contribution in [3.63, 3.8) is 0 Å². The molecule has 192 valence electrons. The quantitative estimate of drug-likeness (QED) is 0.395. The first-order valence-electron chi connectivity index (χ1n) is 12.8. The molecule has 3 heterocycles. The van der Waals surface area contributed by atoms with E-state index in [4.69, 9.17) is 10.7 Å². The van der Waals surface area contributed by atoms with E-state index in [2.05, 4.69) is 37.9 Å². The van der Waals surface area contributed by atoms with Crippen LogP contribution in [0.3, 0.4) is 0 Å². The van der Waals surface area contributed by atoms with Crippen LogP contribution in [0.2, 0.25) is 0 Å². The van der Waals surface area contributed by atoms with E-state index < -0.39 is 5.91 Å². The molecule has 1 unspecified atom stereocenters. The average Bonchev–Trinajstić information content (AvgIpc) is 2.94. The fourth-order valence-electron chi connectivity index (χ4n) is 4.90. The van der Waals surface area contributed by atoms with Gasteiger partial charge < -0.3 is 31.5 Å². The second kappa shape index (κ2) is 11.3. The summed E-state index contributed by atoms with van der Waals surface area (Å²) in [5.74, 6) is 0.556. The minimum atomic E-state index is -0.536. The lowest BCUT2D eigenvalue weighted by atomic mass is 10.0. The molecule has 0 radical (unpaired) electrons. The summed E-state index contributed by atoms with van der Waals surface area (Å²) >= 11 is 0. The highest BCUT2D eigenvalue weighted by atomic mass is 16.2. The fourth-order valence-corrected chi connectivity index (χ4v) is 4.90. The van der Waals surface area contributed by atoms with Gasteiger partial charge in [-0.2, -0.15) is 0 Å². The summed E-state index contributed by atoms with van der Waals surface area (Å²) in [6.45, 7) is 5.37. The molecule has 5 N–H and O–H groups in total. The average molecular weight is 500 g/mol. The molecular formula is C28H33N7O2. The van der Waals surface area contributed by atoms with Crippen LogP contribution in [-0.2, 0) is 0 Å². The van der Waals surface area contributed by atoms with Crippen molar-refractivity contribution in [3.05, 3.63) is 77.9 Å². The summed E-state index contributed by atoms with van der Waals surface area (Å²) in [6.07, 6.45) is 1.83. The van der Waals surface area contributed by atoms with Crippen LogP contribution in [0.15, 0.2) is 66.7 Å². The number of hydrogen-bond donors (Lipinski definition) is 4. The summed E-state index contributed by atoms with van der Waals surface area (Å²) in [4.78, 5) is 34.0. The van der Waals surface area contributed by atoms with E-state index >= 15 is 0 Å². The predicted octanol–water partition coefficient (Wildman–Crippen LogP) is 2.73. The summed E-state index contributed by atoms with van der Waals surface area (Å²) in [5, 5.41) is 9.80. The SMILES string of the molecule is NC(=O)c1ccc(N2CCCC(NC(=O)c3ccccc3)C2)nc1Nc1ccc(N2CCNCC2)cc1. The maximum Gasteiger partial charge on any atom is 0.252 e. The molecule has 2 aliphatic rings. The van der Waals surface area contributed by atoms with Crippen molar-refractivity contribution in [2.75, 3.05) is 54.4 Å². The highest BCUT2D eigenvalue weighted by Crippen LogP contribution is 2.26. The highest BCUT2D eigenvalue weighted by molar-refractivity contribution is 5.98. The van der Waals surface area contributed by atoms with Crippen LogP contribution in [0.4, 0.5) is 23.0 Å². The summed E-state index contributed by atoms with van der Waals surface area (Å²) in [7, 11) is 0. The summed E-state index contributed by atoms with van der Waals surface area (Å²) < 4.78 is 0. The van der Waals surface area contributed by atoms with Gasteiger partial charge in [-0.1, -0.05) is 18.2 Å². The number of carbonyl (C=O) groups excluding carboxylic acids is 2. The predicted molar refractivity (Wildman–Crippen MR) is 147 cm³/mol. The second-order valence-corrected chi connectivity index (χ2v) is 9.46. The van der Waals surface area contributed by atoms with Crippen molar-refractivity contribution < 1.29 is 9.59 Å². The minimum absolute atomic E-state index is 0.00742. The molecule has 0 saturated carbocycles. The standard InChI is InChI=1S/C28H33N7O2/c29-26(36)24-12-13-25(35-16-4-7-22(19-35)32-28(37)20-5-2-1-3-6-20)33-27(24)31-21-8-10-23(11-9-21)34-17-14-30-15-18-34/h1-3,5-6,8-13,22,30H,4,7,14-19H2,(H2,29,36)(H,31,33)(H,32,37). The molecule has 37 heavy (non-hydrogen) atoms. The summed E-state index contributed by atoms with van der Waals surface area (Å²) in [6, 6.07) is 20.9. The van der Waals surface area contributed by atoms with Crippen molar-refractivity contribution in [3.8, 4) is 0 Å². The van der Waals surface area contributed by atoms with Gasteiger partial charge in [-0.3, -0.25) is 9.59 Å². The molecule has 3 aromatic rings. The van der Waals surface area contributed by atoms with Gasteiger partial charge in [0.2, 0.25) is 0 Å². The first kappa shape index (κ1) is 24.6. The first-order chi connectivity index (χ1) is 18.1. The fraction of sp³-hybridized carbons (Fsp3) is 0.321. The molecule has 9 heteroatoms. The van der Waals surface area contributed by atoms with Crippen LogP contribution in [0.1, 0.15) is 33.6 Å². The van der Waals surface area contributed by atoms with Gasteiger partial charge >= 0.3 is 0 Å². The number of nitrogens with zero attached hydrogens (tertiary/aromatic N) is 3. The minimum Gasteiger partial charge on any atom is -0.369 e. The van der Waals surface area contributed by atoms with Gasteiger partial charge in [0.1, 0.15) is 11.6 Å². The number of nitrogens with one attached hydrogen (secondary N) is 3. The van der Waals surface area contributed by atoms with E-state index in [1.807, 2.05) is 48.5 Å². The van der Waals surface area contributed by atoms with Gasteiger partial charge in [0.25, 0.3) is 11.8 Å². The lowest BCUT2D eigenvalue weighted by Gasteiger charge is -2.34. The molecule has 2 aliphatic heterocycles. The van der Waals surface area contributed by atoms with Crippen LogP contribution in [-0.4, -0.2) is 62.1 Å². The normalized spacial score (nSPS) is 17.8. The Morgan fingerprint density at radius 3 is 2.41 bits per heavy atom. The van der Waals surface area contributed by atoms with E-state index in [1.54, 1.807) is 6.07 Å². The molecule has 1 aromatic heterocycles. The number of piperidine rings is 1. The maximum absolute atomic E-state index is 12.6. The van der Waals surface area contributed by atoms with Gasteiger partial charge in [0, 0.05) is 62.2 Å². The number of amides is 2. The Labute approximate surface area is 217 Å². The van der Waals surface area contributed by atoms with Crippen LogP contribution in [0.5, 0.6) is 0 Å². The first-order valence-corrected chi connectivity index (χ1v) is 12.8. The van der Waals surface area contributed by atoms with Gasteiger partial charge in [-0.05, 0) is 61.4 Å². The van der Waals surface area contributed by atoms with E-state index in [0.717, 1.165) is 57.1 Å². The largest absolute Gasteiger partial charge is 0.369 e. The Hall–Kier alpha value is -4.11. The Kier molecular flexibility index (Phi) is 7.51. The molecular weight excluding hydrogens is 466 g/mol. The monoisotopic (exact) mass is 499 g/mol. The zero-order chi connectivity index (χ0) is 25.6. The number of rotatable bonds is 7. The van der Waals surface area contributed by atoms with Crippen LogP contribution in [0.25, 0.3) is 0 Å². The van der Waals surface area contributed by atoms with Crippen molar-refractivity contribution in [2.24, 2.45) is 5.73 Å². The van der Waals surface area contributed by atoms with Crippen molar-refractivity contribution in [1.29, 1.82) is 0 Å². The van der Waals surface area contributed by atoms with Crippen LogP contribution >= 0.6 is 0 Å². The number of carbonyl (C=O) groups is 2. The molecule has 5 rings (SSSR count). The third-order valence-electron chi connectivity index (χ3n) is 6.87. The number of anilines is 4. The van der Waals surface area contributed by atoms with Crippen molar-refractivity contribution >= 4 is 34.8 Å². The Bertz CT molecular complexity index is 1230.